The first-order chi connectivity index (χ1) is 16.2. The highest BCUT2D eigenvalue weighted by Crippen LogP contribution is 2.44. The summed E-state index contributed by atoms with van der Waals surface area (Å²) in [5, 5.41) is 2.52. The topological polar surface area (TPSA) is 32.3 Å². The Balaban J connectivity index is 1.62. The molecule has 0 radical (unpaired) electrons. The van der Waals surface area contributed by atoms with Gasteiger partial charge in [-0.2, -0.15) is 0 Å². The minimum Gasteiger partial charge on any atom is -0.348 e. The molecule has 0 bridgehead atoms. The van der Waals surface area contributed by atoms with Gasteiger partial charge < -0.3 is 10.2 Å². The Kier molecular flexibility index (Phi) is 6.70. The van der Waals surface area contributed by atoms with Crippen molar-refractivity contribution in [3.8, 4) is 0 Å². The van der Waals surface area contributed by atoms with Crippen molar-refractivity contribution in [3.05, 3.63) is 106 Å². The lowest BCUT2D eigenvalue weighted by atomic mass is 10.1. The summed E-state index contributed by atoms with van der Waals surface area (Å²) in [6, 6.07) is 11.1. The van der Waals surface area contributed by atoms with Gasteiger partial charge in [0.1, 0.15) is 23.3 Å². The lowest BCUT2D eigenvalue weighted by Crippen LogP contribution is -2.31. The number of nitrogens with zero attached hydrogens (tertiary/aromatic N) is 1. The number of amides is 1. The minimum absolute atomic E-state index is 0.0451. The molecule has 0 spiro atoms. The van der Waals surface area contributed by atoms with Crippen molar-refractivity contribution in [2.75, 3.05) is 4.90 Å². The van der Waals surface area contributed by atoms with Gasteiger partial charge >= 0.3 is 0 Å². The second-order valence-corrected chi connectivity index (χ2v) is 9.47. The molecule has 4 rings (SSSR count). The van der Waals surface area contributed by atoms with Gasteiger partial charge in [-0.15, -0.1) is 11.8 Å². The van der Waals surface area contributed by atoms with E-state index in [1.165, 1.54) is 6.07 Å². The maximum Gasteiger partial charge on any atom is 0.251 e. The average Bonchev–Trinajstić information content (AvgIpc) is 2.77. The van der Waals surface area contributed by atoms with E-state index in [-0.39, 0.29) is 23.2 Å². The molecular formula is C26H22F4N2OS. The maximum absolute atomic E-state index is 14.6. The number of aryl methyl sites for hydroxylation is 1. The molecule has 0 saturated heterocycles. The van der Waals surface area contributed by atoms with Gasteiger partial charge in [-0.25, -0.2) is 17.6 Å². The van der Waals surface area contributed by atoms with Crippen LogP contribution in [-0.4, -0.2) is 11.2 Å². The lowest BCUT2D eigenvalue weighted by Gasteiger charge is -2.37. The van der Waals surface area contributed by atoms with E-state index in [9.17, 15) is 22.4 Å². The molecule has 1 N–H and O–H groups in total. The Morgan fingerprint density at radius 1 is 1.03 bits per heavy atom. The van der Waals surface area contributed by atoms with Crippen LogP contribution in [0.15, 0.2) is 65.7 Å². The molecule has 0 saturated carbocycles. The molecule has 1 atom stereocenters. The highest BCUT2D eigenvalue weighted by Gasteiger charge is 2.28. The van der Waals surface area contributed by atoms with Crippen LogP contribution in [0.25, 0.3) is 0 Å². The number of rotatable bonds is 5. The first-order valence-corrected chi connectivity index (χ1v) is 11.5. The summed E-state index contributed by atoms with van der Waals surface area (Å²) in [6.07, 6.45) is 0. The highest BCUT2D eigenvalue weighted by molar-refractivity contribution is 8.00. The van der Waals surface area contributed by atoms with Crippen molar-refractivity contribution in [2.45, 2.75) is 37.1 Å². The summed E-state index contributed by atoms with van der Waals surface area (Å²) < 4.78 is 55.5. The number of fused-ring (bicyclic) bond motifs is 1. The Morgan fingerprint density at radius 3 is 2.41 bits per heavy atom. The van der Waals surface area contributed by atoms with Gasteiger partial charge in [-0.05, 0) is 43.7 Å². The van der Waals surface area contributed by atoms with E-state index in [2.05, 4.69) is 11.9 Å². The zero-order chi connectivity index (χ0) is 24.6. The lowest BCUT2D eigenvalue weighted by molar-refractivity contribution is 0.0950. The van der Waals surface area contributed by atoms with Gasteiger partial charge in [-0.1, -0.05) is 18.7 Å². The molecule has 0 fully saturated rings. The van der Waals surface area contributed by atoms with Crippen LogP contribution in [0.3, 0.4) is 0 Å². The monoisotopic (exact) mass is 486 g/mol. The second kappa shape index (κ2) is 9.54. The Labute approximate surface area is 199 Å². The standard InChI is InChI=1S/C26H22F4N2OS/c1-14-5-4-6-21(28)20(14)13-32-15(2)16(3)34-25-8-7-17(9-24(25)32)26(33)31-12-19-22(29)10-18(27)11-23(19)30/h4-11,16H,2,12-13H2,1,3H3,(H,31,33). The molecule has 34 heavy (non-hydrogen) atoms. The normalized spacial score (nSPS) is 15.3. The van der Waals surface area contributed by atoms with Crippen molar-refractivity contribution < 1.29 is 22.4 Å². The van der Waals surface area contributed by atoms with Crippen LogP contribution in [0.5, 0.6) is 0 Å². The van der Waals surface area contributed by atoms with Crippen LogP contribution in [0.4, 0.5) is 23.2 Å². The SMILES string of the molecule is C=C1C(C)Sc2ccc(C(=O)NCc3c(F)cc(F)cc3F)cc2N1Cc1c(C)cccc1F. The van der Waals surface area contributed by atoms with Gasteiger partial charge in [-0.3, -0.25) is 4.79 Å². The zero-order valence-corrected chi connectivity index (χ0v) is 19.4. The maximum atomic E-state index is 14.6. The molecule has 0 aliphatic carbocycles. The molecule has 1 aliphatic heterocycles. The zero-order valence-electron chi connectivity index (χ0n) is 18.6. The van der Waals surface area contributed by atoms with Gasteiger partial charge in [0, 0.05) is 51.2 Å². The molecule has 3 nitrogen and oxygen atoms in total. The minimum atomic E-state index is -1.07. The van der Waals surface area contributed by atoms with E-state index in [0.717, 1.165) is 16.2 Å². The molecule has 1 heterocycles. The summed E-state index contributed by atoms with van der Waals surface area (Å²) in [4.78, 5) is 15.6. The van der Waals surface area contributed by atoms with Crippen LogP contribution < -0.4 is 10.2 Å². The number of hydrogen-bond donors (Lipinski definition) is 1. The van der Waals surface area contributed by atoms with Crippen LogP contribution in [0.2, 0.25) is 0 Å². The summed E-state index contributed by atoms with van der Waals surface area (Å²) in [5.74, 6) is -4.05. The quantitative estimate of drug-likeness (QED) is 0.418. The van der Waals surface area contributed by atoms with Gasteiger partial charge in [0.05, 0.1) is 12.2 Å². The fraction of sp³-hybridized carbons (Fsp3) is 0.192. The predicted molar refractivity (Wildman–Crippen MR) is 126 cm³/mol. The van der Waals surface area contributed by atoms with Crippen LogP contribution in [0.1, 0.15) is 34.0 Å². The number of halogens is 4. The molecule has 1 aliphatic rings. The third-order valence-corrected chi connectivity index (χ3v) is 7.06. The van der Waals surface area contributed by atoms with Crippen molar-refractivity contribution in [2.24, 2.45) is 0 Å². The van der Waals surface area contributed by atoms with Gasteiger partial charge in [0.25, 0.3) is 5.91 Å². The third kappa shape index (κ3) is 4.68. The summed E-state index contributed by atoms with van der Waals surface area (Å²) in [6.45, 7) is 7.82. The first-order valence-electron chi connectivity index (χ1n) is 10.6. The molecule has 176 valence electrons. The van der Waals surface area contributed by atoms with E-state index in [4.69, 9.17) is 0 Å². The van der Waals surface area contributed by atoms with Crippen molar-refractivity contribution in [1.29, 1.82) is 0 Å². The Bertz CT molecular complexity index is 1250. The van der Waals surface area contributed by atoms with Crippen LogP contribution in [0, 0.1) is 30.2 Å². The second-order valence-electron chi connectivity index (χ2n) is 8.09. The number of carbonyl (C=O) groups is 1. The van der Waals surface area contributed by atoms with E-state index in [1.54, 1.807) is 36.0 Å². The van der Waals surface area contributed by atoms with Gasteiger partial charge in [0.15, 0.2) is 0 Å². The fourth-order valence-corrected chi connectivity index (χ4v) is 4.91. The number of hydrogen-bond acceptors (Lipinski definition) is 3. The molecule has 0 aromatic heterocycles. The predicted octanol–water partition coefficient (Wildman–Crippen LogP) is 6.50. The van der Waals surface area contributed by atoms with Crippen LogP contribution in [-0.2, 0) is 13.1 Å². The van der Waals surface area contributed by atoms with E-state index in [1.807, 2.05) is 24.8 Å². The van der Waals surface area contributed by atoms with E-state index in [0.29, 0.717) is 23.4 Å². The molecule has 3 aromatic rings. The van der Waals surface area contributed by atoms with Crippen molar-refractivity contribution in [1.82, 2.24) is 5.32 Å². The summed E-state index contributed by atoms with van der Waals surface area (Å²) >= 11 is 1.58. The first kappa shape index (κ1) is 23.9. The number of nitrogens with one attached hydrogen (secondary N) is 1. The molecule has 8 heteroatoms. The number of carbonyl (C=O) groups excluding carboxylic acids is 1. The molecule has 1 amide bonds. The molecule has 1 unspecified atom stereocenters. The summed E-state index contributed by atoms with van der Waals surface area (Å²) in [5.41, 5.74) is 2.64. The Morgan fingerprint density at radius 2 is 1.74 bits per heavy atom. The van der Waals surface area contributed by atoms with E-state index >= 15 is 0 Å². The van der Waals surface area contributed by atoms with Crippen molar-refractivity contribution in [3.63, 3.8) is 0 Å². The smallest absolute Gasteiger partial charge is 0.251 e. The average molecular weight is 487 g/mol. The molecule has 3 aromatic carbocycles. The summed E-state index contributed by atoms with van der Waals surface area (Å²) in [7, 11) is 0. The van der Waals surface area contributed by atoms with E-state index < -0.39 is 35.5 Å². The molecular weight excluding hydrogens is 464 g/mol. The number of thioether (sulfide) groups is 1. The van der Waals surface area contributed by atoms with Gasteiger partial charge in [0.2, 0.25) is 0 Å². The Hall–Kier alpha value is -3.26. The highest BCUT2D eigenvalue weighted by atomic mass is 32.2. The van der Waals surface area contributed by atoms with Crippen LogP contribution >= 0.6 is 11.8 Å². The van der Waals surface area contributed by atoms with Crippen molar-refractivity contribution >= 4 is 23.4 Å². The number of anilines is 1. The number of benzene rings is 3. The fourth-order valence-electron chi connectivity index (χ4n) is 3.83. The third-order valence-electron chi connectivity index (χ3n) is 5.83. The largest absolute Gasteiger partial charge is 0.348 e.